The highest BCUT2D eigenvalue weighted by atomic mass is 16.6. The van der Waals surface area contributed by atoms with Crippen molar-refractivity contribution in [2.45, 2.75) is 374 Å². The van der Waals surface area contributed by atoms with Crippen molar-refractivity contribution in [1.29, 1.82) is 0 Å². The average molecular weight is 1160 g/mol. The van der Waals surface area contributed by atoms with Gasteiger partial charge in [-0.15, -0.1) is 0 Å². The van der Waals surface area contributed by atoms with E-state index in [0.717, 1.165) is 109 Å². The zero-order valence-electron chi connectivity index (χ0n) is 55.2. The second-order valence-electron chi connectivity index (χ2n) is 24.1. The van der Waals surface area contributed by atoms with Crippen molar-refractivity contribution in [2.24, 2.45) is 0 Å². The molecule has 0 aliphatic heterocycles. The summed E-state index contributed by atoms with van der Waals surface area (Å²) in [5, 5.41) is 0. The summed E-state index contributed by atoms with van der Waals surface area (Å²) in [5.74, 6) is -0.886. The van der Waals surface area contributed by atoms with E-state index in [1.165, 1.54) is 218 Å². The molecular weight excluding hydrogens is 1020 g/mol. The number of unbranched alkanes of at least 4 members (excludes halogenated alkanes) is 41. The first-order chi connectivity index (χ1) is 41.0. The minimum Gasteiger partial charge on any atom is -0.462 e. The van der Waals surface area contributed by atoms with E-state index in [-0.39, 0.29) is 31.1 Å². The molecule has 0 radical (unpaired) electrons. The van der Waals surface area contributed by atoms with Crippen LogP contribution in [-0.2, 0) is 28.6 Å². The topological polar surface area (TPSA) is 78.9 Å². The highest BCUT2D eigenvalue weighted by Crippen LogP contribution is 2.18. The smallest absolute Gasteiger partial charge is 0.306 e. The van der Waals surface area contributed by atoms with Crippen LogP contribution in [0.2, 0.25) is 0 Å². The Morgan fingerprint density at radius 1 is 0.253 bits per heavy atom. The molecule has 0 rings (SSSR count). The summed E-state index contributed by atoms with van der Waals surface area (Å²) in [7, 11) is 0. The van der Waals surface area contributed by atoms with E-state index in [0.29, 0.717) is 19.3 Å². The third kappa shape index (κ3) is 69.3. The van der Waals surface area contributed by atoms with E-state index < -0.39 is 6.10 Å². The van der Waals surface area contributed by atoms with E-state index >= 15 is 0 Å². The van der Waals surface area contributed by atoms with Crippen LogP contribution >= 0.6 is 0 Å². The van der Waals surface area contributed by atoms with Gasteiger partial charge in [-0.2, -0.15) is 0 Å². The van der Waals surface area contributed by atoms with Gasteiger partial charge in [0.2, 0.25) is 0 Å². The predicted octanol–water partition coefficient (Wildman–Crippen LogP) is 25.0. The molecule has 0 aliphatic carbocycles. The number of hydrogen-bond acceptors (Lipinski definition) is 6. The van der Waals surface area contributed by atoms with Crippen molar-refractivity contribution in [1.82, 2.24) is 0 Å². The molecule has 0 fully saturated rings. The van der Waals surface area contributed by atoms with Gasteiger partial charge in [-0.05, 0) is 116 Å². The van der Waals surface area contributed by atoms with Gasteiger partial charge in [-0.25, -0.2) is 0 Å². The lowest BCUT2D eigenvalue weighted by molar-refractivity contribution is -0.167. The van der Waals surface area contributed by atoms with Crippen molar-refractivity contribution in [3.63, 3.8) is 0 Å². The monoisotopic (exact) mass is 1160 g/mol. The molecule has 0 spiro atoms. The van der Waals surface area contributed by atoms with Crippen molar-refractivity contribution >= 4 is 17.9 Å². The molecule has 0 aromatic carbocycles. The maximum absolute atomic E-state index is 12.9. The molecule has 0 saturated heterocycles. The van der Waals surface area contributed by atoms with E-state index in [1.807, 2.05) is 0 Å². The summed E-state index contributed by atoms with van der Waals surface area (Å²) >= 11 is 0. The molecule has 1 atom stereocenters. The molecule has 6 heteroatoms. The fraction of sp³-hybridized carbons (Fsp3) is 0.779. The van der Waals surface area contributed by atoms with Gasteiger partial charge >= 0.3 is 17.9 Å². The highest BCUT2D eigenvalue weighted by molar-refractivity contribution is 5.71. The Kier molecular flexibility index (Phi) is 68.2. The summed E-state index contributed by atoms with van der Waals surface area (Å²) in [6.45, 7) is 6.54. The van der Waals surface area contributed by atoms with Crippen LogP contribution in [0.1, 0.15) is 367 Å². The molecular formula is C77H136O6. The van der Waals surface area contributed by atoms with Gasteiger partial charge in [0, 0.05) is 19.3 Å². The van der Waals surface area contributed by atoms with E-state index in [1.54, 1.807) is 0 Å². The summed E-state index contributed by atoms with van der Waals surface area (Å²) < 4.78 is 17.0. The number of hydrogen-bond donors (Lipinski definition) is 0. The van der Waals surface area contributed by atoms with E-state index in [9.17, 15) is 14.4 Å². The van der Waals surface area contributed by atoms with Crippen LogP contribution in [0.5, 0.6) is 0 Å². The van der Waals surface area contributed by atoms with Crippen LogP contribution in [0.15, 0.2) is 85.1 Å². The van der Waals surface area contributed by atoms with Gasteiger partial charge in [-0.3, -0.25) is 14.4 Å². The quantitative estimate of drug-likeness (QED) is 0.0261. The van der Waals surface area contributed by atoms with Crippen LogP contribution < -0.4 is 0 Å². The normalized spacial score (nSPS) is 12.6. The lowest BCUT2D eigenvalue weighted by atomic mass is 10.0. The summed E-state index contributed by atoms with van der Waals surface area (Å²) in [5.41, 5.74) is 0. The third-order valence-corrected chi connectivity index (χ3v) is 15.9. The van der Waals surface area contributed by atoms with Gasteiger partial charge in [0.25, 0.3) is 0 Å². The Bertz CT molecular complexity index is 1570. The molecule has 0 bridgehead atoms. The molecule has 0 aromatic rings. The lowest BCUT2D eigenvalue weighted by Gasteiger charge is -2.18. The first-order valence-corrected chi connectivity index (χ1v) is 36.1. The van der Waals surface area contributed by atoms with E-state index in [2.05, 4.69) is 106 Å². The molecule has 1 unspecified atom stereocenters. The zero-order chi connectivity index (χ0) is 59.9. The number of esters is 3. The van der Waals surface area contributed by atoms with Crippen molar-refractivity contribution in [3.05, 3.63) is 85.1 Å². The van der Waals surface area contributed by atoms with Crippen molar-refractivity contribution in [3.8, 4) is 0 Å². The molecule has 0 aromatic heterocycles. The molecule has 0 amide bonds. The van der Waals surface area contributed by atoms with Gasteiger partial charge in [0.05, 0.1) is 0 Å². The van der Waals surface area contributed by atoms with Crippen LogP contribution in [0.4, 0.5) is 0 Å². The molecule has 0 heterocycles. The minimum absolute atomic E-state index is 0.0820. The van der Waals surface area contributed by atoms with Crippen molar-refractivity contribution < 1.29 is 28.6 Å². The van der Waals surface area contributed by atoms with E-state index in [4.69, 9.17) is 14.2 Å². The average Bonchev–Trinajstić information content (AvgIpc) is 3.49. The number of allylic oxidation sites excluding steroid dienone is 14. The molecule has 83 heavy (non-hydrogen) atoms. The van der Waals surface area contributed by atoms with Crippen LogP contribution in [0.25, 0.3) is 0 Å². The van der Waals surface area contributed by atoms with Crippen molar-refractivity contribution in [2.75, 3.05) is 13.2 Å². The Labute approximate surface area is 515 Å². The second kappa shape index (κ2) is 71.1. The van der Waals surface area contributed by atoms with Crippen LogP contribution in [0.3, 0.4) is 0 Å². The summed E-state index contributed by atoms with van der Waals surface area (Å²) in [6.07, 6.45) is 94.8. The number of carbonyl (C=O) groups excluding carboxylic acids is 3. The van der Waals surface area contributed by atoms with Gasteiger partial charge in [-0.1, -0.05) is 318 Å². The largest absolute Gasteiger partial charge is 0.462 e. The zero-order valence-corrected chi connectivity index (χ0v) is 55.2. The van der Waals surface area contributed by atoms with Crippen LogP contribution in [-0.4, -0.2) is 37.2 Å². The Balaban J connectivity index is 4.24. The maximum Gasteiger partial charge on any atom is 0.306 e. The van der Waals surface area contributed by atoms with Gasteiger partial charge in [0.1, 0.15) is 13.2 Å². The van der Waals surface area contributed by atoms with Gasteiger partial charge in [0.15, 0.2) is 6.10 Å². The summed E-state index contributed by atoms with van der Waals surface area (Å²) in [6, 6.07) is 0. The Morgan fingerprint density at radius 3 is 0.747 bits per heavy atom. The number of carbonyl (C=O) groups is 3. The molecule has 0 N–H and O–H groups in total. The fourth-order valence-electron chi connectivity index (χ4n) is 10.5. The SMILES string of the molecule is CC/C=C\C/C=C\C/C=C\C/C=C\CCCCCCCCC(=O)OC(COC(=O)CCCCCCC/C=C\CCCCCCCC)COC(=O)CCCCCCCCCCCCCCCCCCCCC/C=C\C/C=C\CCCCCCC. The second-order valence-corrected chi connectivity index (χ2v) is 24.1. The number of ether oxygens (including phenoxy) is 3. The molecule has 6 nitrogen and oxygen atoms in total. The van der Waals surface area contributed by atoms with Crippen LogP contribution in [0, 0.1) is 0 Å². The first kappa shape index (κ1) is 79.6. The molecule has 480 valence electrons. The minimum atomic E-state index is -0.789. The Morgan fingerprint density at radius 2 is 0.470 bits per heavy atom. The fourth-order valence-corrected chi connectivity index (χ4v) is 10.5. The third-order valence-electron chi connectivity index (χ3n) is 15.9. The molecule has 0 saturated carbocycles. The Hall–Kier alpha value is -3.41. The van der Waals surface area contributed by atoms with Gasteiger partial charge < -0.3 is 14.2 Å². The predicted molar refractivity (Wildman–Crippen MR) is 362 cm³/mol. The lowest BCUT2D eigenvalue weighted by Crippen LogP contribution is -2.30. The maximum atomic E-state index is 12.9. The standard InChI is InChI=1S/C77H136O6/c1-4-7-10-13-16-19-22-25-28-30-32-33-34-35-36-37-38-39-40-41-42-43-45-46-49-52-55-58-61-64-67-70-76(79)82-73-74(72-81-75(78)69-66-63-60-57-54-51-48-27-24-21-18-15-12-9-6-3)83-77(80)71-68-65-62-59-56-53-50-47-44-31-29-26-23-20-17-14-11-8-5-2/h8,11,17,20,22,25-27,29-30,32,44,47-48,74H,4-7,9-10,12-16,18-19,21,23-24,28,31,33-43,45-46,49-73H2,1-3H3/b11-8-,20-17-,25-22-,29-26-,32-30-,47-44-,48-27-. The molecule has 0 aliphatic rings. The number of rotatable bonds is 66. The highest BCUT2D eigenvalue weighted by Gasteiger charge is 2.19. The first-order valence-electron chi connectivity index (χ1n) is 36.1. The summed E-state index contributed by atoms with van der Waals surface area (Å²) in [4.78, 5) is 38.4.